The van der Waals surface area contributed by atoms with Gasteiger partial charge in [-0.2, -0.15) is 0 Å². The molecule has 1 saturated heterocycles. The van der Waals surface area contributed by atoms with Crippen molar-refractivity contribution in [3.05, 3.63) is 23.8 Å². The number of likely N-dealkylation sites (tertiary alicyclic amines) is 1. The molecule has 2 rings (SSSR count). The predicted molar refractivity (Wildman–Crippen MR) is 100 cm³/mol. The minimum Gasteiger partial charge on any atom is -0.493 e. The molecule has 0 aromatic heterocycles. The van der Waals surface area contributed by atoms with Crippen molar-refractivity contribution in [2.45, 2.75) is 52.6 Å². The summed E-state index contributed by atoms with van der Waals surface area (Å²) < 4.78 is 11.0. The molecule has 1 fully saturated rings. The maximum absolute atomic E-state index is 12.7. The first-order valence-corrected chi connectivity index (χ1v) is 9.34. The van der Waals surface area contributed by atoms with E-state index in [0.717, 1.165) is 18.4 Å². The van der Waals surface area contributed by atoms with Gasteiger partial charge in [0.05, 0.1) is 13.7 Å². The number of nitrogens with one attached hydrogen (secondary N) is 1. The zero-order valence-corrected chi connectivity index (χ0v) is 16.2. The Labute approximate surface area is 155 Å². The number of rotatable bonds is 9. The van der Waals surface area contributed by atoms with Gasteiger partial charge < -0.3 is 19.7 Å². The Morgan fingerprint density at radius 2 is 2.08 bits per heavy atom. The molecule has 1 aromatic rings. The minimum atomic E-state index is -0.418. The minimum absolute atomic E-state index is 0.0661. The number of nitrogens with zero attached hydrogens (tertiary/aromatic N) is 1. The van der Waals surface area contributed by atoms with Crippen LogP contribution in [0.4, 0.5) is 0 Å². The Kier molecular flexibility index (Phi) is 7.30. The summed E-state index contributed by atoms with van der Waals surface area (Å²) in [6, 6.07) is 5.23. The molecular formula is C20H30N2O4. The molecule has 0 radical (unpaired) electrons. The van der Waals surface area contributed by atoms with Crippen molar-refractivity contribution in [1.82, 2.24) is 10.2 Å². The van der Waals surface area contributed by atoms with E-state index >= 15 is 0 Å². The fraction of sp³-hybridized carbons (Fsp3) is 0.600. The predicted octanol–water partition coefficient (Wildman–Crippen LogP) is 2.75. The van der Waals surface area contributed by atoms with Gasteiger partial charge in [-0.05, 0) is 36.5 Å². The quantitative estimate of drug-likeness (QED) is 0.733. The molecule has 1 aliphatic heterocycles. The average molecular weight is 362 g/mol. The lowest BCUT2D eigenvalue weighted by Gasteiger charge is -2.29. The van der Waals surface area contributed by atoms with Gasteiger partial charge in [0.2, 0.25) is 11.8 Å². The van der Waals surface area contributed by atoms with Crippen LogP contribution in [0.25, 0.3) is 0 Å². The summed E-state index contributed by atoms with van der Waals surface area (Å²) in [7, 11) is 1.60. The van der Waals surface area contributed by atoms with Gasteiger partial charge in [-0.1, -0.05) is 26.8 Å². The normalized spacial score (nSPS) is 15.3. The standard InChI is InChI=1S/C20H30N2O4/c1-5-11-26-16-9-8-15(12-17(16)25-4)13-21-20(24)19(14(2)3)22-10-6-7-18(22)23/h8-9,12,14,19H,5-7,10-11,13H2,1-4H3,(H,21,24)/t19-/m1/s1. The number of hydrogen-bond donors (Lipinski definition) is 1. The van der Waals surface area contributed by atoms with Crippen LogP contribution in [-0.2, 0) is 16.1 Å². The van der Waals surface area contributed by atoms with Crippen molar-refractivity contribution in [3.63, 3.8) is 0 Å². The number of methoxy groups -OCH3 is 1. The molecule has 144 valence electrons. The smallest absolute Gasteiger partial charge is 0.243 e. The van der Waals surface area contributed by atoms with Gasteiger partial charge in [-0.25, -0.2) is 0 Å². The highest BCUT2D eigenvalue weighted by atomic mass is 16.5. The average Bonchev–Trinajstić information content (AvgIpc) is 3.03. The number of hydrogen-bond acceptors (Lipinski definition) is 4. The first-order chi connectivity index (χ1) is 12.5. The zero-order chi connectivity index (χ0) is 19.1. The Balaban J connectivity index is 2.02. The molecule has 6 heteroatoms. The number of ether oxygens (including phenoxy) is 2. The van der Waals surface area contributed by atoms with Gasteiger partial charge >= 0.3 is 0 Å². The van der Waals surface area contributed by atoms with Gasteiger partial charge in [0.1, 0.15) is 6.04 Å². The molecule has 1 N–H and O–H groups in total. The Morgan fingerprint density at radius 1 is 1.31 bits per heavy atom. The highest BCUT2D eigenvalue weighted by Gasteiger charge is 2.34. The number of benzene rings is 1. The molecule has 0 spiro atoms. The largest absolute Gasteiger partial charge is 0.493 e. The molecule has 26 heavy (non-hydrogen) atoms. The second-order valence-electron chi connectivity index (χ2n) is 6.93. The monoisotopic (exact) mass is 362 g/mol. The van der Waals surface area contributed by atoms with Crippen LogP contribution in [0.15, 0.2) is 18.2 Å². The van der Waals surface area contributed by atoms with Gasteiger partial charge in [-0.15, -0.1) is 0 Å². The van der Waals surface area contributed by atoms with E-state index < -0.39 is 6.04 Å². The second kappa shape index (κ2) is 9.46. The van der Waals surface area contributed by atoms with E-state index in [1.807, 2.05) is 39.0 Å². The van der Waals surface area contributed by atoms with E-state index in [1.54, 1.807) is 12.0 Å². The fourth-order valence-electron chi connectivity index (χ4n) is 3.21. The molecule has 1 aliphatic rings. The molecular weight excluding hydrogens is 332 g/mol. The summed E-state index contributed by atoms with van der Waals surface area (Å²) in [5.41, 5.74) is 0.925. The molecule has 0 bridgehead atoms. The van der Waals surface area contributed by atoms with Crippen molar-refractivity contribution in [2.75, 3.05) is 20.3 Å². The van der Waals surface area contributed by atoms with Crippen LogP contribution in [0.3, 0.4) is 0 Å². The third kappa shape index (κ3) is 4.90. The summed E-state index contributed by atoms with van der Waals surface area (Å²) in [5.74, 6) is 1.38. The summed E-state index contributed by atoms with van der Waals surface area (Å²) in [4.78, 5) is 26.4. The third-order valence-corrected chi connectivity index (χ3v) is 4.50. The number of carbonyl (C=O) groups excluding carboxylic acids is 2. The fourth-order valence-corrected chi connectivity index (χ4v) is 3.21. The summed E-state index contributed by atoms with van der Waals surface area (Å²) in [6.45, 7) is 7.66. The van der Waals surface area contributed by atoms with E-state index in [9.17, 15) is 9.59 Å². The van der Waals surface area contributed by atoms with Crippen LogP contribution >= 0.6 is 0 Å². The molecule has 0 aliphatic carbocycles. The highest BCUT2D eigenvalue weighted by molar-refractivity contribution is 5.88. The van der Waals surface area contributed by atoms with Crippen molar-refractivity contribution in [3.8, 4) is 11.5 Å². The lowest BCUT2D eigenvalue weighted by molar-refractivity contribution is -0.139. The van der Waals surface area contributed by atoms with E-state index in [1.165, 1.54) is 0 Å². The van der Waals surface area contributed by atoms with E-state index in [0.29, 0.717) is 37.6 Å². The van der Waals surface area contributed by atoms with Crippen molar-refractivity contribution in [1.29, 1.82) is 0 Å². The summed E-state index contributed by atoms with van der Waals surface area (Å²) in [5, 5.41) is 2.96. The molecule has 0 saturated carbocycles. The van der Waals surface area contributed by atoms with E-state index in [2.05, 4.69) is 5.32 Å². The summed E-state index contributed by atoms with van der Waals surface area (Å²) >= 11 is 0. The Bertz CT molecular complexity index is 630. The van der Waals surface area contributed by atoms with E-state index in [-0.39, 0.29) is 17.7 Å². The van der Waals surface area contributed by atoms with Crippen LogP contribution in [0, 0.1) is 5.92 Å². The Hall–Kier alpha value is -2.24. The molecule has 1 heterocycles. The third-order valence-electron chi connectivity index (χ3n) is 4.50. The van der Waals surface area contributed by atoms with Crippen molar-refractivity contribution >= 4 is 11.8 Å². The zero-order valence-electron chi connectivity index (χ0n) is 16.2. The topological polar surface area (TPSA) is 67.9 Å². The maximum atomic E-state index is 12.7. The second-order valence-corrected chi connectivity index (χ2v) is 6.93. The van der Waals surface area contributed by atoms with Crippen LogP contribution in [0.5, 0.6) is 11.5 Å². The number of carbonyl (C=O) groups is 2. The molecule has 1 aromatic carbocycles. The Morgan fingerprint density at radius 3 is 2.65 bits per heavy atom. The molecule has 0 unspecified atom stereocenters. The van der Waals surface area contributed by atoms with Crippen LogP contribution in [0.1, 0.15) is 45.6 Å². The van der Waals surface area contributed by atoms with Gasteiger partial charge in [0, 0.05) is 19.5 Å². The van der Waals surface area contributed by atoms with Crippen LogP contribution in [-0.4, -0.2) is 43.0 Å². The van der Waals surface area contributed by atoms with Crippen LogP contribution in [0.2, 0.25) is 0 Å². The first-order valence-electron chi connectivity index (χ1n) is 9.34. The van der Waals surface area contributed by atoms with Gasteiger partial charge in [0.15, 0.2) is 11.5 Å². The van der Waals surface area contributed by atoms with Crippen molar-refractivity contribution in [2.24, 2.45) is 5.92 Å². The lowest BCUT2D eigenvalue weighted by Crippen LogP contribution is -2.50. The van der Waals surface area contributed by atoms with Crippen LogP contribution < -0.4 is 14.8 Å². The lowest BCUT2D eigenvalue weighted by atomic mass is 10.0. The summed E-state index contributed by atoms with van der Waals surface area (Å²) in [6.07, 6.45) is 2.28. The van der Waals surface area contributed by atoms with Gasteiger partial charge in [0.25, 0.3) is 0 Å². The molecule has 6 nitrogen and oxygen atoms in total. The highest BCUT2D eigenvalue weighted by Crippen LogP contribution is 2.28. The SMILES string of the molecule is CCCOc1ccc(CNC(=O)[C@@H](C(C)C)N2CCCC2=O)cc1OC. The van der Waals surface area contributed by atoms with E-state index in [4.69, 9.17) is 9.47 Å². The number of amides is 2. The van der Waals surface area contributed by atoms with Gasteiger partial charge in [-0.3, -0.25) is 9.59 Å². The molecule has 2 amide bonds. The van der Waals surface area contributed by atoms with Crippen molar-refractivity contribution < 1.29 is 19.1 Å². The molecule has 1 atom stereocenters. The first kappa shape index (κ1) is 20.1. The maximum Gasteiger partial charge on any atom is 0.243 e.